The minimum Gasteiger partial charge on any atom is -0.461 e. The van der Waals surface area contributed by atoms with E-state index in [-0.39, 0.29) is 30.0 Å². The summed E-state index contributed by atoms with van der Waals surface area (Å²) in [7, 11) is 1.77. The second-order valence-electron chi connectivity index (χ2n) is 12.2. The lowest BCUT2D eigenvalue weighted by Gasteiger charge is -2.39. The topological polar surface area (TPSA) is 76.2 Å². The van der Waals surface area contributed by atoms with Crippen LogP contribution in [0.25, 0.3) is 5.57 Å². The third kappa shape index (κ3) is 6.36. The van der Waals surface area contributed by atoms with Gasteiger partial charge in [0.2, 0.25) is 5.91 Å². The molecule has 1 aromatic carbocycles. The van der Waals surface area contributed by atoms with Gasteiger partial charge >= 0.3 is 12.1 Å². The molecule has 1 fully saturated rings. The zero-order valence-electron chi connectivity index (χ0n) is 23.2. The van der Waals surface area contributed by atoms with Gasteiger partial charge in [0, 0.05) is 32.5 Å². The molecule has 0 saturated heterocycles. The van der Waals surface area contributed by atoms with Crippen molar-refractivity contribution >= 4 is 23.5 Å². The van der Waals surface area contributed by atoms with Crippen LogP contribution in [0.2, 0.25) is 0 Å². The number of nitrogens with zero attached hydrogens (tertiary/aromatic N) is 2. The van der Waals surface area contributed by atoms with Crippen molar-refractivity contribution < 1.29 is 23.9 Å². The summed E-state index contributed by atoms with van der Waals surface area (Å²) in [5, 5.41) is 0. The van der Waals surface area contributed by atoms with Crippen molar-refractivity contribution in [1.82, 2.24) is 9.80 Å². The van der Waals surface area contributed by atoms with Crippen LogP contribution in [0.5, 0.6) is 0 Å². The van der Waals surface area contributed by atoms with Crippen LogP contribution >= 0.6 is 0 Å². The molecule has 1 aliphatic heterocycles. The van der Waals surface area contributed by atoms with Crippen LogP contribution in [-0.2, 0) is 25.5 Å². The number of hydrogen-bond acceptors (Lipinski definition) is 5. The van der Waals surface area contributed by atoms with Crippen LogP contribution in [0.15, 0.2) is 29.8 Å². The van der Waals surface area contributed by atoms with Gasteiger partial charge in [0.1, 0.15) is 11.6 Å². The van der Waals surface area contributed by atoms with E-state index in [1.807, 2.05) is 46.8 Å². The molecular weight excluding hydrogens is 468 g/mol. The number of amides is 2. The molecule has 0 spiro atoms. The lowest BCUT2D eigenvalue weighted by Crippen LogP contribution is -2.51. The van der Waals surface area contributed by atoms with E-state index in [0.29, 0.717) is 25.4 Å². The van der Waals surface area contributed by atoms with Gasteiger partial charge in [-0.15, -0.1) is 0 Å². The normalized spacial score (nSPS) is 23.4. The fourth-order valence-electron chi connectivity index (χ4n) is 5.90. The molecule has 1 saturated carbocycles. The highest BCUT2D eigenvalue weighted by molar-refractivity contribution is 5.91. The quantitative estimate of drug-likeness (QED) is 0.508. The Bertz CT molecular complexity index is 1060. The van der Waals surface area contributed by atoms with Crippen molar-refractivity contribution in [1.29, 1.82) is 0 Å². The smallest absolute Gasteiger partial charge is 0.410 e. The maximum Gasteiger partial charge on any atom is 0.410 e. The minimum atomic E-state index is -0.587. The molecule has 2 aliphatic carbocycles. The zero-order valence-corrected chi connectivity index (χ0v) is 23.2. The van der Waals surface area contributed by atoms with Gasteiger partial charge in [0.15, 0.2) is 0 Å². The number of rotatable bonds is 5. The minimum absolute atomic E-state index is 0.0622. The molecule has 1 atom stereocenters. The van der Waals surface area contributed by atoms with Gasteiger partial charge in [-0.1, -0.05) is 24.3 Å². The van der Waals surface area contributed by atoms with E-state index < -0.39 is 11.6 Å². The number of benzene rings is 1. The predicted octanol–water partition coefficient (Wildman–Crippen LogP) is 5.22. The van der Waals surface area contributed by atoms with Crippen molar-refractivity contribution in [3.05, 3.63) is 41.0 Å². The molecule has 1 aromatic rings. The van der Waals surface area contributed by atoms with Crippen molar-refractivity contribution in [2.24, 2.45) is 11.8 Å². The van der Waals surface area contributed by atoms with Gasteiger partial charge in [-0.2, -0.15) is 0 Å². The van der Waals surface area contributed by atoms with Crippen molar-refractivity contribution in [3.63, 3.8) is 0 Å². The second kappa shape index (κ2) is 10.9. The van der Waals surface area contributed by atoms with Crippen molar-refractivity contribution in [2.75, 3.05) is 20.1 Å². The summed E-state index contributed by atoms with van der Waals surface area (Å²) in [5.74, 6) is -0.0225. The Balaban J connectivity index is 1.41. The highest BCUT2D eigenvalue weighted by atomic mass is 16.6. The molecule has 0 radical (unpaired) electrons. The summed E-state index contributed by atoms with van der Waals surface area (Å²) >= 11 is 0. The second-order valence-corrected chi connectivity index (χ2v) is 12.2. The van der Waals surface area contributed by atoms with Crippen LogP contribution in [0.4, 0.5) is 4.79 Å². The number of esters is 1. The van der Waals surface area contributed by atoms with E-state index in [9.17, 15) is 14.4 Å². The Labute approximate surface area is 221 Å². The average Bonchev–Trinajstić information content (AvgIpc) is 3.19. The summed E-state index contributed by atoms with van der Waals surface area (Å²) < 4.78 is 11.1. The summed E-state index contributed by atoms with van der Waals surface area (Å²) in [6, 6.07) is 7.75. The number of ether oxygens (including phenoxy) is 2. The highest BCUT2D eigenvalue weighted by Crippen LogP contribution is 2.41. The van der Waals surface area contributed by atoms with Gasteiger partial charge in [-0.3, -0.25) is 4.79 Å². The first-order chi connectivity index (χ1) is 17.4. The van der Waals surface area contributed by atoms with Crippen LogP contribution in [0, 0.1) is 11.8 Å². The van der Waals surface area contributed by atoms with E-state index >= 15 is 0 Å². The molecule has 7 nitrogen and oxygen atoms in total. The third-order valence-electron chi connectivity index (χ3n) is 7.65. The SMILES string of the molecule is CC(C)OC(=O)[C@@H]1CC2=C(Cc3ccccc32)CN1C(=O)C1CCC(CN(C)C(=O)OC(C)(C)C)CC1. The molecule has 0 aromatic heterocycles. The van der Waals surface area contributed by atoms with E-state index in [2.05, 4.69) is 12.1 Å². The Kier molecular flexibility index (Phi) is 8.00. The Morgan fingerprint density at radius 2 is 1.76 bits per heavy atom. The van der Waals surface area contributed by atoms with E-state index in [1.165, 1.54) is 22.3 Å². The van der Waals surface area contributed by atoms with Gasteiger partial charge in [-0.05, 0) is 94.9 Å². The number of carbonyl (C=O) groups excluding carboxylic acids is 3. The molecule has 1 heterocycles. The first kappa shape index (κ1) is 27.2. The van der Waals surface area contributed by atoms with Crippen LogP contribution in [-0.4, -0.2) is 65.7 Å². The predicted molar refractivity (Wildman–Crippen MR) is 143 cm³/mol. The van der Waals surface area contributed by atoms with Crippen molar-refractivity contribution in [2.45, 2.75) is 90.9 Å². The largest absolute Gasteiger partial charge is 0.461 e. The van der Waals surface area contributed by atoms with Gasteiger partial charge in [0.05, 0.1) is 6.10 Å². The number of fused-ring (bicyclic) bond motifs is 2. The highest BCUT2D eigenvalue weighted by Gasteiger charge is 2.42. The molecule has 7 heteroatoms. The first-order valence-corrected chi connectivity index (χ1v) is 13.7. The molecule has 4 rings (SSSR count). The number of carbonyl (C=O) groups is 3. The van der Waals surface area contributed by atoms with Crippen molar-refractivity contribution in [3.8, 4) is 0 Å². The standard InChI is InChI=1S/C30H42N2O5/c1-19(2)36-28(34)26-16-25-23(15-22-9-7-8-10-24(22)25)18-32(26)27(33)21-13-11-20(12-14-21)17-31(6)29(35)37-30(3,4)5/h7-10,19-21,26H,11-18H2,1-6H3/t20?,21?,26-/m0/s1. The molecule has 0 N–H and O–H groups in total. The van der Waals surface area contributed by atoms with E-state index in [0.717, 1.165) is 32.1 Å². The molecule has 3 aliphatic rings. The number of hydrogen-bond donors (Lipinski definition) is 0. The van der Waals surface area contributed by atoms with E-state index in [4.69, 9.17) is 9.47 Å². The summed E-state index contributed by atoms with van der Waals surface area (Å²) in [6.07, 6.45) is 4.08. The molecule has 202 valence electrons. The Morgan fingerprint density at radius 1 is 1.08 bits per heavy atom. The Hall–Kier alpha value is -2.83. The molecular formula is C30H42N2O5. The zero-order chi connectivity index (χ0) is 26.9. The van der Waals surface area contributed by atoms with Gasteiger partial charge < -0.3 is 19.3 Å². The van der Waals surface area contributed by atoms with Crippen LogP contribution in [0.1, 0.15) is 77.8 Å². The molecule has 2 amide bonds. The fourth-order valence-corrected chi connectivity index (χ4v) is 5.90. The maximum absolute atomic E-state index is 13.8. The summed E-state index contributed by atoms with van der Waals surface area (Å²) in [6.45, 7) is 10.4. The third-order valence-corrected chi connectivity index (χ3v) is 7.65. The molecule has 0 bridgehead atoms. The monoisotopic (exact) mass is 510 g/mol. The Morgan fingerprint density at radius 3 is 2.41 bits per heavy atom. The van der Waals surface area contributed by atoms with Crippen LogP contribution < -0.4 is 0 Å². The van der Waals surface area contributed by atoms with Gasteiger partial charge in [0.25, 0.3) is 0 Å². The van der Waals surface area contributed by atoms with E-state index in [1.54, 1.807) is 16.8 Å². The summed E-state index contributed by atoms with van der Waals surface area (Å²) in [5.41, 5.74) is 4.41. The average molecular weight is 511 g/mol. The lowest BCUT2D eigenvalue weighted by atomic mass is 9.80. The molecule has 37 heavy (non-hydrogen) atoms. The first-order valence-electron chi connectivity index (χ1n) is 13.7. The van der Waals surface area contributed by atoms with Gasteiger partial charge in [-0.25, -0.2) is 9.59 Å². The maximum atomic E-state index is 13.8. The molecule has 0 unspecified atom stereocenters. The summed E-state index contributed by atoms with van der Waals surface area (Å²) in [4.78, 5) is 42.8. The van der Waals surface area contributed by atoms with Crippen LogP contribution in [0.3, 0.4) is 0 Å². The fraction of sp³-hybridized carbons (Fsp3) is 0.633. The lowest BCUT2D eigenvalue weighted by molar-refractivity contribution is -0.159.